The zero-order valence-electron chi connectivity index (χ0n) is 11.1. The molecule has 0 saturated heterocycles. The average molecular weight is 290 g/mol. The fourth-order valence-corrected chi connectivity index (χ4v) is 1.91. The van der Waals surface area contributed by atoms with Gasteiger partial charge in [-0.3, -0.25) is 9.09 Å². The largest absolute Gasteiger partial charge is 0.442 e. The molecule has 1 aromatic carbocycles. The maximum atomic E-state index is 12.9. The molecule has 0 bridgehead atoms. The van der Waals surface area contributed by atoms with Gasteiger partial charge in [-0.15, -0.1) is 0 Å². The van der Waals surface area contributed by atoms with Crippen molar-refractivity contribution in [3.05, 3.63) is 63.7 Å². The second-order valence-corrected chi connectivity index (χ2v) is 4.48. The maximum absolute atomic E-state index is 12.9. The number of hydrogen-bond acceptors (Lipinski definition) is 6. The van der Waals surface area contributed by atoms with Gasteiger partial charge in [0.1, 0.15) is 5.82 Å². The van der Waals surface area contributed by atoms with Crippen LogP contribution in [0.3, 0.4) is 0 Å². The maximum Gasteiger partial charge on any atom is 0.442 e. The van der Waals surface area contributed by atoms with Crippen molar-refractivity contribution in [2.24, 2.45) is 0 Å². The van der Waals surface area contributed by atoms with Crippen LogP contribution in [0.15, 0.2) is 38.1 Å². The quantitative estimate of drug-likeness (QED) is 0.720. The number of hydrogen-bond donors (Lipinski definition) is 0. The number of aryl methyl sites for hydroxylation is 1. The molecule has 2 aromatic heterocycles. The van der Waals surface area contributed by atoms with Gasteiger partial charge in [-0.1, -0.05) is 22.4 Å². The lowest BCUT2D eigenvalue weighted by atomic mass is 10.1. The molecule has 8 heteroatoms. The number of rotatable bonds is 4. The molecular weight excluding hydrogens is 279 g/mol. The van der Waals surface area contributed by atoms with Gasteiger partial charge >= 0.3 is 5.76 Å². The molecule has 0 amide bonds. The number of nitrogens with zero attached hydrogens (tertiary/aromatic N) is 4. The molecule has 108 valence electrons. The van der Waals surface area contributed by atoms with Crippen LogP contribution in [0, 0.1) is 12.7 Å². The molecular formula is C13H11FN4O3. The van der Waals surface area contributed by atoms with Crippen molar-refractivity contribution in [1.29, 1.82) is 0 Å². The van der Waals surface area contributed by atoms with Crippen LogP contribution in [-0.4, -0.2) is 19.9 Å². The molecule has 3 aromatic rings. The molecule has 0 radical (unpaired) electrons. The van der Waals surface area contributed by atoms with Crippen molar-refractivity contribution in [1.82, 2.24) is 19.9 Å². The first-order valence-corrected chi connectivity index (χ1v) is 6.21. The number of benzene rings is 1. The summed E-state index contributed by atoms with van der Waals surface area (Å²) in [5.74, 6) is 0.259. The van der Waals surface area contributed by atoms with Crippen LogP contribution in [0.2, 0.25) is 0 Å². The third-order valence-corrected chi connectivity index (χ3v) is 2.91. The van der Waals surface area contributed by atoms with E-state index in [1.54, 1.807) is 19.1 Å². The van der Waals surface area contributed by atoms with E-state index in [2.05, 4.69) is 19.8 Å². The molecule has 0 aliphatic heterocycles. The molecule has 0 saturated carbocycles. The molecule has 0 atom stereocenters. The van der Waals surface area contributed by atoms with Crippen molar-refractivity contribution in [2.45, 2.75) is 19.9 Å². The standard InChI is InChI=1S/C13H11FN4O3/c1-8-15-11(16-20-8)7-18-12(17-21-13(18)19)6-9-2-4-10(14)5-3-9/h2-5H,6-7H2,1H3. The van der Waals surface area contributed by atoms with Gasteiger partial charge in [0, 0.05) is 13.3 Å². The van der Waals surface area contributed by atoms with Gasteiger partial charge in [-0.2, -0.15) is 4.98 Å². The highest BCUT2D eigenvalue weighted by atomic mass is 19.1. The lowest BCUT2D eigenvalue weighted by Crippen LogP contribution is -2.19. The second-order valence-electron chi connectivity index (χ2n) is 4.48. The first-order valence-electron chi connectivity index (χ1n) is 6.21. The minimum Gasteiger partial charge on any atom is -0.340 e. The van der Waals surface area contributed by atoms with Gasteiger partial charge in [-0.25, -0.2) is 9.18 Å². The fraction of sp³-hybridized carbons (Fsp3) is 0.231. The van der Waals surface area contributed by atoms with E-state index in [-0.39, 0.29) is 12.4 Å². The summed E-state index contributed by atoms with van der Waals surface area (Å²) < 4.78 is 23.7. The van der Waals surface area contributed by atoms with E-state index < -0.39 is 5.76 Å². The summed E-state index contributed by atoms with van der Waals surface area (Å²) in [5.41, 5.74) is 0.808. The van der Waals surface area contributed by atoms with Crippen LogP contribution in [0.5, 0.6) is 0 Å². The first kappa shape index (κ1) is 13.2. The normalized spacial score (nSPS) is 11.0. The molecule has 0 aliphatic carbocycles. The Morgan fingerprint density at radius 1 is 1.19 bits per heavy atom. The van der Waals surface area contributed by atoms with Gasteiger partial charge in [-0.05, 0) is 17.7 Å². The first-order chi connectivity index (χ1) is 10.1. The Hall–Kier alpha value is -2.77. The zero-order valence-corrected chi connectivity index (χ0v) is 11.1. The van der Waals surface area contributed by atoms with Crippen LogP contribution in [0.4, 0.5) is 4.39 Å². The van der Waals surface area contributed by atoms with E-state index >= 15 is 0 Å². The van der Waals surface area contributed by atoms with Gasteiger partial charge in [0.2, 0.25) is 5.89 Å². The highest BCUT2D eigenvalue weighted by Crippen LogP contribution is 2.09. The molecule has 21 heavy (non-hydrogen) atoms. The Labute approximate surface area is 118 Å². The molecule has 0 N–H and O–H groups in total. The third-order valence-electron chi connectivity index (χ3n) is 2.91. The Balaban J connectivity index is 1.86. The summed E-state index contributed by atoms with van der Waals surface area (Å²) in [6.45, 7) is 1.77. The van der Waals surface area contributed by atoms with Crippen LogP contribution >= 0.6 is 0 Å². The van der Waals surface area contributed by atoms with Crippen molar-refractivity contribution >= 4 is 0 Å². The molecule has 3 rings (SSSR count). The molecule has 0 spiro atoms. The van der Waals surface area contributed by atoms with Gasteiger partial charge in [0.15, 0.2) is 11.6 Å². The van der Waals surface area contributed by atoms with Crippen LogP contribution < -0.4 is 5.76 Å². The Bertz CT molecular complexity index is 803. The van der Waals surface area contributed by atoms with Crippen molar-refractivity contribution in [2.75, 3.05) is 0 Å². The highest BCUT2D eigenvalue weighted by molar-refractivity contribution is 5.19. The van der Waals surface area contributed by atoms with E-state index in [1.165, 1.54) is 16.7 Å². The van der Waals surface area contributed by atoms with E-state index in [4.69, 9.17) is 4.52 Å². The van der Waals surface area contributed by atoms with Gasteiger partial charge in [0.05, 0.1) is 6.54 Å². The lowest BCUT2D eigenvalue weighted by Gasteiger charge is -2.02. The molecule has 0 fully saturated rings. The number of aromatic nitrogens is 4. The summed E-state index contributed by atoms with van der Waals surface area (Å²) in [6.07, 6.45) is 0.336. The molecule has 0 aliphatic rings. The monoisotopic (exact) mass is 290 g/mol. The van der Waals surface area contributed by atoms with Crippen molar-refractivity contribution in [3.8, 4) is 0 Å². The Morgan fingerprint density at radius 2 is 1.95 bits per heavy atom. The van der Waals surface area contributed by atoms with Gasteiger partial charge < -0.3 is 4.52 Å². The molecule has 2 heterocycles. The predicted molar refractivity (Wildman–Crippen MR) is 68.1 cm³/mol. The Kier molecular flexibility index (Phi) is 3.35. The summed E-state index contributed by atoms with van der Waals surface area (Å²) in [4.78, 5) is 15.7. The molecule has 0 unspecified atom stereocenters. The van der Waals surface area contributed by atoms with Gasteiger partial charge in [0.25, 0.3) is 0 Å². The predicted octanol–water partition coefficient (Wildman–Crippen LogP) is 1.31. The summed E-state index contributed by atoms with van der Waals surface area (Å²) in [7, 11) is 0. The minimum absolute atomic E-state index is 0.107. The third kappa shape index (κ3) is 2.88. The number of halogens is 1. The van der Waals surface area contributed by atoms with Crippen LogP contribution in [0.1, 0.15) is 23.1 Å². The van der Waals surface area contributed by atoms with Crippen molar-refractivity contribution < 1.29 is 13.4 Å². The summed E-state index contributed by atoms with van der Waals surface area (Å²) >= 11 is 0. The Morgan fingerprint density at radius 3 is 2.62 bits per heavy atom. The zero-order chi connectivity index (χ0) is 14.8. The van der Waals surface area contributed by atoms with E-state index in [0.717, 1.165) is 5.56 Å². The van der Waals surface area contributed by atoms with E-state index in [1.807, 2.05) is 0 Å². The van der Waals surface area contributed by atoms with Crippen molar-refractivity contribution in [3.63, 3.8) is 0 Å². The minimum atomic E-state index is -0.602. The topological polar surface area (TPSA) is 87.0 Å². The van der Waals surface area contributed by atoms with E-state index in [9.17, 15) is 9.18 Å². The SMILES string of the molecule is Cc1nc(Cn2c(Cc3ccc(F)cc3)noc2=O)no1. The smallest absolute Gasteiger partial charge is 0.340 e. The summed E-state index contributed by atoms with van der Waals surface area (Å²) in [5, 5.41) is 7.46. The molecule has 7 nitrogen and oxygen atoms in total. The second kappa shape index (κ2) is 5.31. The summed E-state index contributed by atoms with van der Waals surface area (Å²) in [6, 6.07) is 5.94. The average Bonchev–Trinajstić information content (AvgIpc) is 3.02. The lowest BCUT2D eigenvalue weighted by molar-refractivity contribution is 0.371. The van der Waals surface area contributed by atoms with E-state index in [0.29, 0.717) is 24.0 Å². The van der Waals surface area contributed by atoms with Crippen LogP contribution in [-0.2, 0) is 13.0 Å². The fourth-order valence-electron chi connectivity index (χ4n) is 1.91. The van der Waals surface area contributed by atoms with Crippen LogP contribution in [0.25, 0.3) is 0 Å². The highest BCUT2D eigenvalue weighted by Gasteiger charge is 2.14.